The quantitative estimate of drug-likeness (QED) is 0.448. The first kappa shape index (κ1) is 24.4. The van der Waals surface area contributed by atoms with Gasteiger partial charge in [-0.3, -0.25) is 0 Å². The molecule has 174 valence electrons. The number of benzene rings is 2. The molecule has 0 spiro atoms. The third kappa shape index (κ3) is 7.44. The molecule has 32 heavy (non-hydrogen) atoms. The Bertz CT molecular complexity index is 854. The Hall–Kier alpha value is -2.21. The van der Waals surface area contributed by atoms with Crippen LogP contribution in [0.4, 0.5) is 0 Å². The molecule has 0 aliphatic heterocycles. The highest BCUT2D eigenvalue weighted by Crippen LogP contribution is 2.33. The van der Waals surface area contributed by atoms with Crippen molar-refractivity contribution in [3.63, 3.8) is 0 Å². The normalized spacial score (nSPS) is 20.9. The van der Waals surface area contributed by atoms with Crippen LogP contribution in [0.1, 0.15) is 66.1 Å². The summed E-state index contributed by atoms with van der Waals surface area (Å²) >= 11 is 0. The van der Waals surface area contributed by atoms with Crippen LogP contribution in [-0.4, -0.2) is 42.5 Å². The number of rotatable bonds is 12. The van der Waals surface area contributed by atoms with Gasteiger partial charge in [0.2, 0.25) is 0 Å². The molecule has 0 saturated heterocycles. The van der Waals surface area contributed by atoms with Gasteiger partial charge in [0.15, 0.2) is 0 Å². The summed E-state index contributed by atoms with van der Waals surface area (Å²) in [6, 6.07) is 16.1. The molecule has 1 saturated carbocycles. The van der Waals surface area contributed by atoms with Crippen molar-refractivity contribution in [1.82, 2.24) is 5.32 Å². The van der Waals surface area contributed by atoms with Crippen LogP contribution in [0.15, 0.2) is 48.5 Å². The van der Waals surface area contributed by atoms with E-state index in [0.717, 1.165) is 62.7 Å². The first-order chi connectivity index (χ1) is 15.5. The van der Waals surface area contributed by atoms with E-state index >= 15 is 0 Å². The average molecular weight is 440 g/mol. The molecule has 5 heteroatoms. The SMILES string of the molecule is Cc1cccc(CO[C@@H]2CCC[C@](C)(OCCNCCCc3ccccc3)C2)c1C(=O)O. The molecule has 1 fully saturated rings. The standard InChI is InChI=1S/C27H37NO4/c1-21-9-6-13-23(25(21)26(29)30)20-31-24-14-7-15-27(2,19-24)32-18-17-28-16-8-12-22-10-4-3-5-11-22/h3-6,9-11,13,24,28H,7-8,12,14-20H2,1-2H3,(H,29,30)/t24-,27+/m1/s1. The van der Waals surface area contributed by atoms with Crippen molar-refractivity contribution in [3.05, 3.63) is 70.8 Å². The lowest BCUT2D eigenvalue weighted by Gasteiger charge is -2.38. The van der Waals surface area contributed by atoms with Gasteiger partial charge in [0.25, 0.3) is 0 Å². The second-order valence-corrected chi connectivity index (χ2v) is 9.08. The molecule has 0 aromatic heterocycles. The highest BCUT2D eigenvalue weighted by molar-refractivity contribution is 5.91. The molecule has 2 aromatic carbocycles. The molecule has 0 unspecified atom stereocenters. The Morgan fingerprint density at radius 1 is 1.16 bits per heavy atom. The Labute approximate surface area is 192 Å². The third-order valence-corrected chi connectivity index (χ3v) is 6.33. The Morgan fingerprint density at radius 2 is 1.97 bits per heavy atom. The van der Waals surface area contributed by atoms with Crippen LogP contribution in [0.2, 0.25) is 0 Å². The summed E-state index contributed by atoms with van der Waals surface area (Å²) in [5.41, 5.74) is 3.07. The zero-order valence-corrected chi connectivity index (χ0v) is 19.4. The average Bonchev–Trinajstić information content (AvgIpc) is 2.77. The Morgan fingerprint density at radius 3 is 2.75 bits per heavy atom. The fraction of sp³-hybridized carbons (Fsp3) is 0.519. The van der Waals surface area contributed by atoms with Crippen molar-refractivity contribution in [2.24, 2.45) is 0 Å². The summed E-state index contributed by atoms with van der Waals surface area (Å²) in [6.45, 7) is 6.86. The fourth-order valence-electron chi connectivity index (χ4n) is 4.58. The molecular weight excluding hydrogens is 402 g/mol. The first-order valence-electron chi connectivity index (χ1n) is 11.8. The second-order valence-electron chi connectivity index (χ2n) is 9.08. The molecule has 2 aromatic rings. The van der Waals surface area contributed by atoms with E-state index in [9.17, 15) is 9.90 Å². The number of carboxylic acid groups (broad SMARTS) is 1. The van der Waals surface area contributed by atoms with Crippen molar-refractivity contribution in [2.75, 3.05) is 19.7 Å². The predicted molar refractivity (Wildman–Crippen MR) is 127 cm³/mol. The van der Waals surface area contributed by atoms with Crippen molar-refractivity contribution in [2.45, 2.75) is 70.7 Å². The maximum Gasteiger partial charge on any atom is 0.336 e. The van der Waals surface area contributed by atoms with E-state index in [0.29, 0.717) is 18.8 Å². The highest BCUT2D eigenvalue weighted by Gasteiger charge is 2.33. The minimum Gasteiger partial charge on any atom is -0.478 e. The van der Waals surface area contributed by atoms with Crippen molar-refractivity contribution >= 4 is 5.97 Å². The molecular formula is C27H37NO4. The third-order valence-electron chi connectivity index (χ3n) is 6.33. The van der Waals surface area contributed by atoms with Crippen molar-refractivity contribution < 1.29 is 19.4 Å². The number of hydrogen-bond donors (Lipinski definition) is 2. The monoisotopic (exact) mass is 439 g/mol. The van der Waals surface area contributed by atoms with E-state index in [4.69, 9.17) is 9.47 Å². The summed E-state index contributed by atoms with van der Waals surface area (Å²) in [5, 5.41) is 13.0. The van der Waals surface area contributed by atoms with E-state index in [-0.39, 0.29) is 11.7 Å². The van der Waals surface area contributed by atoms with E-state index < -0.39 is 5.97 Å². The number of carbonyl (C=O) groups is 1. The molecule has 0 heterocycles. The number of ether oxygens (including phenoxy) is 2. The van der Waals surface area contributed by atoms with Crippen LogP contribution in [0.5, 0.6) is 0 Å². The van der Waals surface area contributed by atoms with Gasteiger partial charge < -0.3 is 19.9 Å². The minimum atomic E-state index is -0.894. The lowest BCUT2D eigenvalue weighted by atomic mass is 9.84. The summed E-state index contributed by atoms with van der Waals surface area (Å²) in [7, 11) is 0. The molecule has 1 aliphatic carbocycles. The number of nitrogens with one attached hydrogen (secondary N) is 1. The minimum absolute atomic E-state index is 0.0924. The predicted octanol–water partition coefficient (Wildman–Crippen LogP) is 5.15. The number of hydrogen-bond acceptors (Lipinski definition) is 4. The van der Waals surface area contributed by atoms with Crippen molar-refractivity contribution in [1.29, 1.82) is 0 Å². The van der Waals surface area contributed by atoms with Gasteiger partial charge in [0.1, 0.15) is 0 Å². The Kier molecular flexibility index (Phi) is 9.27. The van der Waals surface area contributed by atoms with E-state index in [2.05, 4.69) is 42.6 Å². The summed E-state index contributed by atoms with van der Waals surface area (Å²) < 4.78 is 12.4. The van der Waals surface area contributed by atoms with Gasteiger partial charge in [0.05, 0.1) is 30.5 Å². The van der Waals surface area contributed by atoms with Gasteiger partial charge in [-0.15, -0.1) is 0 Å². The van der Waals surface area contributed by atoms with Gasteiger partial charge in [-0.1, -0.05) is 48.5 Å². The van der Waals surface area contributed by atoms with Crippen LogP contribution >= 0.6 is 0 Å². The van der Waals surface area contributed by atoms with Crippen LogP contribution < -0.4 is 5.32 Å². The van der Waals surface area contributed by atoms with Crippen molar-refractivity contribution in [3.8, 4) is 0 Å². The molecule has 0 radical (unpaired) electrons. The molecule has 0 bridgehead atoms. The number of aromatic carboxylic acids is 1. The first-order valence-corrected chi connectivity index (χ1v) is 11.8. The lowest BCUT2D eigenvalue weighted by molar-refractivity contribution is -0.105. The van der Waals surface area contributed by atoms with Crippen LogP contribution in [-0.2, 0) is 22.5 Å². The summed E-state index contributed by atoms with van der Waals surface area (Å²) in [6.07, 6.45) is 6.23. The number of aryl methyl sites for hydroxylation is 2. The van der Waals surface area contributed by atoms with E-state index in [1.54, 1.807) is 0 Å². The topological polar surface area (TPSA) is 67.8 Å². The van der Waals surface area contributed by atoms with Gasteiger partial charge in [-0.25, -0.2) is 4.79 Å². The van der Waals surface area contributed by atoms with Gasteiger partial charge in [-0.2, -0.15) is 0 Å². The van der Waals surface area contributed by atoms with E-state index in [1.165, 1.54) is 5.56 Å². The van der Waals surface area contributed by atoms with Gasteiger partial charge in [0, 0.05) is 13.0 Å². The van der Waals surface area contributed by atoms with E-state index in [1.807, 2.05) is 25.1 Å². The zero-order chi connectivity index (χ0) is 22.8. The molecule has 1 aliphatic rings. The molecule has 5 nitrogen and oxygen atoms in total. The number of carboxylic acids is 1. The molecule has 3 rings (SSSR count). The van der Waals surface area contributed by atoms with Gasteiger partial charge >= 0.3 is 5.97 Å². The smallest absolute Gasteiger partial charge is 0.336 e. The lowest BCUT2D eigenvalue weighted by Crippen LogP contribution is -2.40. The molecule has 2 atom stereocenters. The van der Waals surface area contributed by atoms with Crippen LogP contribution in [0.3, 0.4) is 0 Å². The highest BCUT2D eigenvalue weighted by atomic mass is 16.5. The largest absolute Gasteiger partial charge is 0.478 e. The summed E-state index contributed by atoms with van der Waals surface area (Å²) in [4.78, 5) is 11.6. The second kappa shape index (κ2) is 12.1. The Balaban J connectivity index is 1.36. The molecule has 0 amide bonds. The fourth-order valence-corrected chi connectivity index (χ4v) is 4.58. The maximum atomic E-state index is 11.6. The molecule has 2 N–H and O–H groups in total. The van der Waals surface area contributed by atoms with Crippen LogP contribution in [0, 0.1) is 6.92 Å². The maximum absolute atomic E-state index is 11.6. The summed E-state index contributed by atoms with van der Waals surface area (Å²) in [5.74, 6) is -0.894. The van der Waals surface area contributed by atoms with Gasteiger partial charge in [-0.05, 0) is 69.2 Å². The zero-order valence-electron chi connectivity index (χ0n) is 19.4. The van der Waals surface area contributed by atoms with Crippen LogP contribution in [0.25, 0.3) is 0 Å².